The lowest BCUT2D eigenvalue weighted by molar-refractivity contribution is 0.248. The molecule has 0 spiro atoms. The summed E-state index contributed by atoms with van der Waals surface area (Å²) in [4.78, 5) is 4.84. The predicted molar refractivity (Wildman–Crippen MR) is 82.6 cm³/mol. The second kappa shape index (κ2) is 6.40. The Morgan fingerprint density at radius 2 is 2.05 bits per heavy atom. The quantitative estimate of drug-likeness (QED) is 0.904. The van der Waals surface area contributed by atoms with E-state index in [0.29, 0.717) is 6.04 Å². The smallest absolute Gasteiger partial charge is 0.0414 e. The molecule has 3 nitrogen and oxygen atoms in total. The van der Waals surface area contributed by atoms with Crippen LogP contribution in [0.1, 0.15) is 37.8 Å². The van der Waals surface area contributed by atoms with Gasteiger partial charge in [-0.2, -0.15) is 0 Å². The van der Waals surface area contributed by atoms with Gasteiger partial charge in [0.2, 0.25) is 0 Å². The summed E-state index contributed by atoms with van der Waals surface area (Å²) in [6.45, 7) is 4.52. The van der Waals surface area contributed by atoms with Gasteiger partial charge in [0.15, 0.2) is 0 Å². The third-order valence-corrected chi connectivity index (χ3v) is 4.32. The maximum atomic E-state index is 6.06. The monoisotopic (exact) mass is 261 g/mol. The molecule has 2 rings (SSSR count). The van der Waals surface area contributed by atoms with E-state index in [1.54, 1.807) is 0 Å². The lowest BCUT2D eigenvalue weighted by Gasteiger charge is -2.37. The predicted octanol–water partition coefficient (Wildman–Crippen LogP) is 2.63. The topological polar surface area (TPSA) is 32.5 Å². The van der Waals surface area contributed by atoms with Gasteiger partial charge in [-0.15, -0.1) is 0 Å². The van der Waals surface area contributed by atoms with Gasteiger partial charge in [0.05, 0.1) is 0 Å². The number of nitrogens with zero attached hydrogens (tertiary/aromatic N) is 2. The highest BCUT2D eigenvalue weighted by Crippen LogP contribution is 2.23. The molecule has 1 aromatic rings. The summed E-state index contributed by atoms with van der Waals surface area (Å²) >= 11 is 0. The zero-order valence-corrected chi connectivity index (χ0v) is 12.5. The number of anilines is 1. The van der Waals surface area contributed by atoms with Crippen LogP contribution < -0.4 is 10.6 Å². The molecule has 106 valence electrons. The highest BCUT2D eigenvalue weighted by molar-refractivity contribution is 5.48. The second-order valence-corrected chi connectivity index (χ2v) is 5.78. The molecule has 3 heteroatoms. The van der Waals surface area contributed by atoms with E-state index in [0.717, 1.165) is 13.0 Å². The van der Waals surface area contributed by atoms with E-state index in [4.69, 9.17) is 5.73 Å². The number of likely N-dealkylation sites (N-methyl/N-ethyl adjacent to an activating group) is 2. The summed E-state index contributed by atoms with van der Waals surface area (Å²) in [6.07, 6.45) is 3.57. The van der Waals surface area contributed by atoms with Crippen LogP contribution in [0.4, 0.5) is 5.69 Å². The van der Waals surface area contributed by atoms with E-state index in [1.165, 1.54) is 30.6 Å². The number of hydrogen-bond acceptors (Lipinski definition) is 3. The van der Waals surface area contributed by atoms with Crippen molar-refractivity contribution >= 4 is 5.69 Å². The molecule has 1 aliphatic heterocycles. The van der Waals surface area contributed by atoms with Crippen LogP contribution in [0.3, 0.4) is 0 Å². The molecule has 1 aliphatic rings. The van der Waals surface area contributed by atoms with Crippen molar-refractivity contribution in [2.45, 2.75) is 38.3 Å². The molecule has 2 N–H and O–H groups in total. The molecule has 1 heterocycles. The van der Waals surface area contributed by atoms with Crippen molar-refractivity contribution in [2.24, 2.45) is 5.73 Å². The number of likely N-dealkylation sites (tertiary alicyclic amines) is 1. The van der Waals surface area contributed by atoms with Crippen LogP contribution in [-0.4, -0.2) is 38.1 Å². The maximum absolute atomic E-state index is 6.06. The van der Waals surface area contributed by atoms with Crippen LogP contribution in [0.2, 0.25) is 0 Å². The molecule has 19 heavy (non-hydrogen) atoms. The summed E-state index contributed by atoms with van der Waals surface area (Å²) in [5, 5.41) is 0. The van der Waals surface area contributed by atoms with Crippen molar-refractivity contribution < 1.29 is 0 Å². The molecule has 0 aliphatic carbocycles. The second-order valence-electron chi connectivity index (χ2n) is 5.78. The molecule has 1 fully saturated rings. The first-order valence-electron chi connectivity index (χ1n) is 7.38. The fraction of sp³-hybridized carbons (Fsp3) is 0.625. The van der Waals surface area contributed by atoms with Gasteiger partial charge >= 0.3 is 0 Å². The van der Waals surface area contributed by atoms with Crippen molar-refractivity contribution in [1.29, 1.82) is 0 Å². The van der Waals surface area contributed by atoms with E-state index in [9.17, 15) is 0 Å². The Bertz CT molecular complexity index is 387. The Balaban J connectivity index is 2.04. The van der Waals surface area contributed by atoms with Crippen molar-refractivity contribution in [3.63, 3.8) is 0 Å². The van der Waals surface area contributed by atoms with Gasteiger partial charge in [-0.25, -0.2) is 0 Å². The SMILES string of the molecule is CCC(N)c1ccc(N(C)C2CCCN(C)C2)cc1. The van der Waals surface area contributed by atoms with E-state index in [2.05, 4.69) is 55.1 Å². The molecule has 0 aromatic heterocycles. The average Bonchev–Trinajstić information content (AvgIpc) is 2.46. The number of nitrogens with two attached hydrogens (primary N) is 1. The van der Waals surface area contributed by atoms with Crippen molar-refractivity contribution in [3.8, 4) is 0 Å². The Morgan fingerprint density at radius 3 is 2.63 bits per heavy atom. The highest BCUT2D eigenvalue weighted by Gasteiger charge is 2.21. The van der Waals surface area contributed by atoms with Crippen molar-refractivity contribution in [2.75, 3.05) is 32.1 Å². The van der Waals surface area contributed by atoms with Crippen LogP contribution in [0, 0.1) is 0 Å². The summed E-state index contributed by atoms with van der Waals surface area (Å²) < 4.78 is 0. The van der Waals surface area contributed by atoms with Crippen molar-refractivity contribution in [3.05, 3.63) is 29.8 Å². The molecule has 0 radical (unpaired) electrons. The summed E-state index contributed by atoms with van der Waals surface area (Å²) in [6, 6.07) is 9.56. The number of benzene rings is 1. The fourth-order valence-electron chi connectivity index (χ4n) is 2.86. The van der Waals surface area contributed by atoms with Crippen molar-refractivity contribution in [1.82, 2.24) is 4.90 Å². The molecule has 2 atom stereocenters. The standard InChI is InChI=1S/C16H27N3/c1-4-16(17)13-7-9-14(10-8-13)19(3)15-6-5-11-18(2)12-15/h7-10,15-16H,4-6,11-12,17H2,1-3H3. The van der Waals surface area contributed by atoms with Crippen LogP contribution in [0.15, 0.2) is 24.3 Å². The normalized spacial score (nSPS) is 22.2. The average molecular weight is 261 g/mol. The molecule has 0 bridgehead atoms. The van der Waals surface area contributed by atoms with Gasteiger partial charge in [-0.1, -0.05) is 19.1 Å². The molecule has 2 unspecified atom stereocenters. The zero-order chi connectivity index (χ0) is 13.8. The maximum Gasteiger partial charge on any atom is 0.0414 e. The van der Waals surface area contributed by atoms with Gasteiger partial charge in [-0.05, 0) is 50.6 Å². The van der Waals surface area contributed by atoms with Gasteiger partial charge < -0.3 is 15.5 Å². The lowest BCUT2D eigenvalue weighted by Crippen LogP contribution is -2.45. The first-order valence-corrected chi connectivity index (χ1v) is 7.38. The fourth-order valence-corrected chi connectivity index (χ4v) is 2.86. The zero-order valence-electron chi connectivity index (χ0n) is 12.5. The van der Waals surface area contributed by atoms with E-state index >= 15 is 0 Å². The summed E-state index contributed by atoms with van der Waals surface area (Å²) in [5.74, 6) is 0. The molecule has 1 aromatic carbocycles. The van der Waals surface area contributed by atoms with E-state index in [1.807, 2.05) is 0 Å². The lowest BCUT2D eigenvalue weighted by atomic mass is 10.0. The van der Waals surface area contributed by atoms with Gasteiger partial charge in [0, 0.05) is 31.4 Å². The van der Waals surface area contributed by atoms with E-state index < -0.39 is 0 Å². The van der Waals surface area contributed by atoms with Crippen LogP contribution >= 0.6 is 0 Å². The summed E-state index contributed by atoms with van der Waals surface area (Å²) in [7, 11) is 4.42. The minimum absolute atomic E-state index is 0.167. The minimum Gasteiger partial charge on any atom is -0.370 e. The molecule has 0 saturated carbocycles. The van der Waals surface area contributed by atoms with Crippen LogP contribution in [-0.2, 0) is 0 Å². The van der Waals surface area contributed by atoms with Crippen LogP contribution in [0.25, 0.3) is 0 Å². The third kappa shape index (κ3) is 3.48. The Labute approximate surface area is 117 Å². The number of piperidine rings is 1. The molecule has 1 saturated heterocycles. The molecular formula is C16H27N3. The Hall–Kier alpha value is -1.06. The number of hydrogen-bond donors (Lipinski definition) is 1. The van der Waals surface area contributed by atoms with Gasteiger partial charge in [-0.3, -0.25) is 0 Å². The first-order chi connectivity index (χ1) is 9.11. The Morgan fingerprint density at radius 1 is 1.37 bits per heavy atom. The molecule has 0 amide bonds. The van der Waals surface area contributed by atoms with Gasteiger partial charge in [0.1, 0.15) is 0 Å². The first kappa shape index (κ1) is 14.4. The number of rotatable bonds is 4. The largest absolute Gasteiger partial charge is 0.370 e. The highest BCUT2D eigenvalue weighted by atomic mass is 15.2. The molecular weight excluding hydrogens is 234 g/mol. The van der Waals surface area contributed by atoms with Gasteiger partial charge in [0.25, 0.3) is 0 Å². The third-order valence-electron chi connectivity index (χ3n) is 4.32. The summed E-state index contributed by atoms with van der Waals surface area (Å²) in [5.41, 5.74) is 8.60. The van der Waals surface area contributed by atoms with Crippen LogP contribution in [0.5, 0.6) is 0 Å². The minimum atomic E-state index is 0.167. The Kier molecular flexibility index (Phi) is 4.83. The van der Waals surface area contributed by atoms with E-state index in [-0.39, 0.29) is 6.04 Å².